The molecule has 1 amide bonds. The van der Waals surface area contributed by atoms with Gasteiger partial charge in [0, 0.05) is 17.5 Å². The summed E-state index contributed by atoms with van der Waals surface area (Å²) in [7, 11) is 0. The van der Waals surface area contributed by atoms with Gasteiger partial charge in [-0.25, -0.2) is 4.98 Å². The van der Waals surface area contributed by atoms with E-state index in [1.54, 1.807) is 6.07 Å². The van der Waals surface area contributed by atoms with Gasteiger partial charge in [-0.2, -0.15) is 11.8 Å². The zero-order valence-electron chi connectivity index (χ0n) is 11.3. The highest BCUT2D eigenvalue weighted by Crippen LogP contribution is 2.38. The van der Waals surface area contributed by atoms with Gasteiger partial charge in [0.05, 0.1) is 5.56 Å². The molecule has 3 N–H and O–H groups in total. The Bertz CT molecular complexity index is 427. The summed E-state index contributed by atoms with van der Waals surface area (Å²) in [5.41, 5.74) is 5.64. The number of nitrogens with zero attached hydrogens (tertiary/aromatic N) is 1. The molecule has 19 heavy (non-hydrogen) atoms. The summed E-state index contributed by atoms with van der Waals surface area (Å²) in [5.74, 6) is 0.371. The van der Waals surface area contributed by atoms with Gasteiger partial charge in [-0.3, -0.25) is 4.79 Å². The monoisotopic (exact) mass is 279 g/mol. The number of nitrogens with one attached hydrogen (secondary N) is 1. The molecular weight excluding hydrogens is 258 g/mol. The minimum atomic E-state index is -0.438. The molecule has 1 heterocycles. The van der Waals surface area contributed by atoms with Crippen LogP contribution in [0.15, 0.2) is 18.3 Å². The summed E-state index contributed by atoms with van der Waals surface area (Å²) >= 11 is 1.96. The highest BCUT2D eigenvalue weighted by molar-refractivity contribution is 8.00. The summed E-state index contributed by atoms with van der Waals surface area (Å²) in [4.78, 5) is 15.2. The smallest absolute Gasteiger partial charge is 0.250 e. The third-order valence-corrected chi connectivity index (χ3v) is 5.26. The zero-order chi connectivity index (χ0) is 13.7. The van der Waals surface area contributed by atoms with E-state index in [1.165, 1.54) is 38.3 Å². The van der Waals surface area contributed by atoms with Crippen molar-refractivity contribution in [3.05, 3.63) is 23.9 Å². The van der Waals surface area contributed by atoms with Gasteiger partial charge >= 0.3 is 0 Å². The molecule has 1 saturated carbocycles. The number of aromatic nitrogens is 1. The van der Waals surface area contributed by atoms with Crippen LogP contribution in [0.5, 0.6) is 0 Å². The Balaban J connectivity index is 1.95. The Labute approximate surface area is 118 Å². The maximum Gasteiger partial charge on any atom is 0.250 e. The maximum absolute atomic E-state index is 11.0. The number of pyridine rings is 1. The summed E-state index contributed by atoms with van der Waals surface area (Å²) in [5, 5.41) is 3.39. The molecule has 0 bridgehead atoms. The first-order chi connectivity index (χ1) is 9.15. The van der Waals surface area contributed by atoms with Crippen LogP contribution >= 0.6 is 11.8 Å². The van der Waals surface area contributed by atoms with Gasteiger partial charge in [0.25, 0.3) is 0 Å². The van der Waals surface area contributed by atoms with E-state index in [2.05, 4.69) is 16.6 Å². The van der Waals surface area contributed by atoms with Gasteiger partial charge in [-0.05, 0) is 31.2 Å². The van der Waals surface area contributed by atoms with Crippen LogP contribution in [0.3, 0.4) is 0 Å². The average molecular weight is 279 g/mol. The van der Waals surface area contributed by atoms with Gasteiger partial charge in [0.15, 0.2) is 0 Å². The minimum absolute atomic E-state index is 0.336. The number of amides is 1. The summed E-state index contributed by atoms with van der Waals surface area (Å²) in [6.07, 6.45) is 10.2. The largest absolute Gasteiger partial charge is 0.369 e. The fourth-order valence-corrected chi connectivity index (χ4v) is 3.46. The number of carbonyl (C=O) groups excluding carboxylic acids is 1. The Morgan fingerprint density at radius 2 is 2.16 bits per heavy atom. The molecular formula is C14H21N3OS. The molecule has 0 aromatic carbocycles. The lowest BCUT2D eigenvalue weighted by atomic mass is 9.88. The summed E-state index contributed by atoms with van der Waals surface area (Å²) in [6, 6.07) is 3.53. The van der Waals surface area contributed by atoms with Crippen molar-refractivity contribution < 1.29 is 4.79 Å². The second-order valence-electron chi connectivity index (χ2n) is 5.10. The maximum atomic E-state index is 11.0. The fourth-order valence-electron chi connectivity index (χ4n) is 2.55. The SMILES string of the molecule is CSC1(CNc2ccc(C(N)=O)cn2)CCCCC1. The number of thioether (sulfide) groups is 1. The molecule has 0 aliphatic heterocycles. The molecule has 5 heteroatoms. The van der Waals surface area contributed by atoms with Crippen LogP contribution in [0, 0.1) is 0 Å². The Hall–Kier alpha value is -1.23. The van der Waals surface area contributed by atoms with Crippen LogP contribution in [0.1, 0.15) is 42.5 Å². The molecule has 0 spiro atoms. The molecule has 0 radical (unpaired) electrons. The zero-order valence-corrected chi connectivity index (χ0v) is 12.1. The van der Waals surface area contributed by atoms with Crippen molar-refractivity contribution in [2.24, 2.45) is 5.73 Å². The first-order valence-corrected chi connectivity index (χ1v) is 7.93. The molecule has 1 aliphatic rings. The first kappa shape index (κ1) is 14.2. The molecule has 1 aromatic rings. The Morgan fingerprint density at radius 1 is 1.42 bits per heavy atom. The predicted molar refractivity (Wildman–Crippen MR) is 80.6 cm³/mol. The molecule has 1 fully saturated rings. The van der Waals surface area contributed by atoms with E-state index in [4.69, 9.17) is 5.73 Å². The minimum Gasteiger partial charge on any atom is -0.369 e. The molecule has 1 aliphatic carbocycles. The number of carbonyl (C=O) groups is 1. The van der Waals surface area contributed by atoms with Crippen molar-refractivity contribution in [3.63, 3.8) is 0 Å². The third kappa shape index (κ3) is 3.62. The number of rotatable bonds is 5. The molecule has 1 aromatic heterocycles. The average Bonchev–Trinajstić information content (AvgIpc) is 2.46. The molecule has 0 unspecified atom stereocenters. The van der Waals surface area contributed by atoms with E-state index in [0.717, 1.165) is 12.4 Å². The second kappa shape index (κ2) is 6.28. The van der Waals surface area contributed by atoms with E-state index < -0.39 is 5.91 Å². The summed E-state index contributed by atoms with van der Waals surface area (Å²) < 4.78 is 0.336. The van der Waals surface area contributed by atoms with Crippen molar-refractivity contribution in [2.75, 3.05) is 18.1 Å². The highest BCUT2D eigenvalue weighted by Gasteiger charge is 2.30. The number of hydrogen-bond acceptors (Lipinski definition) is 4. The van der Waals surface area contributed by atoms with Crippen molar-refractivity contribution in [3.8, 4) is 0 Å². The molecule has 0 atom stereocenters. The van der Waals surface area contributed by atoms with Crippen LogP contribution < -0.4 is 11.1 Å². The lowest BCUT2D eigenvalue weighted by Crippen LogP contribution is -2.35. The predicted octanol–water partition coefficient (Wildman–Crippen LogP) is 2.66. The van der Waals surface area contributed by atoms with Crippen LogP contribution in [0.2, 0.25) is 0 Å². The van der Waals surface area contributed by atoms with Crippen LogP contribution in [0.4, 0.5) is 5.82 Å². The van der Waals surface area contributed by atoms with Crippen molar-refractivity contribution in [1.29, 1.82) is 0 Å². The Morgan fingerprint density at radius 3 is 2.68 bits per heavy atom. The lowest BCUT2D eigenvalue weighted by molar-refractivity contribution is 0.1000. The van der Waals surface area contributed by atoms with Crippen LogP contribution in [-0.4, -0.2) is 28.4 Å². The lowest BCUT2D eigenvalue weighted by Gasteiger charge is -2.36. The van der Waals surface area contributed by atoms with Gasteiger partial charge < -0.3 is 11.1 Å². The van der Waals surface area contributed by atoms with Gasteiger partial charge in [-0.15, -0.1) is 0 Å². The van der Waals surface area contributed by atoms with Gasteiger partial charge in [-0.1, -0.05) is 19.3 Å². The first-order valence-electron chi connectivity index (χ1n) is 6.70. The van der Waals surface area contributed by atoms with Crippen molar-refractivity contribution in [2.45, 2.75) is 36.9 Å². The van der Waals surface area contributed by atoms with Crippen LogP contribution in [-0.2, 0) is 0 Å². The van der Waals surface area contributed by atoms with E-state index in [9.17, 15) is 4.79 Å². The van der Waals surface area contributed by atoms with Gasteiger partial charge in [0.2, 0.25) is 5.91 Å². The second-order valence-corrected chi connectivity index (χ2v) is 6.37. The normalized spacial score (nSPS) is 17.9. The van der Waals surface area contributed by atoms with E-state index in [1.807, 2.05) is 17.8 Å². The third-order valence-electron chi connectivity index (χ3n) is 3.84. The van der Waals surface area contributed by atoms with Crippen molar-refractivity contribution in [1.82, 2.24) is 4.98 Å². The highest BCUT2D eigenvalue weighted by atomic mass is 32.2. The fraction of sp³-hybridized carbons (Fsp3) is 0.571. The summed E-state index contributed by atoms with van der Waals surface area (Å²) in [6.45, 7) is 0.928. The van der Waals surface area contributed by atoms with E-state index in [-0.39, 0.29) is 0 Å². The number of anilines is 1. The van der Waals surface area contributed by atoms with Gasteiger partial charge in [0.1, 0.15) is 5.82 Å². The van der Waals surface area contributed by atoms with Crippen LogP contribution in [0.25, 0.3) is 0 Å². The van der Waals surface area contributed by atoms with Crippen molar-refractivity contribution >= 4 is 23.5 Å². The topological polar surface area (TPSA) is 68.0 Å². The molecule has 2 rings (SSSR count). The van der Waals surface area contributed by atoms with E-state index in [0.29, 0.717) is 10.3 Å². The number of hydrogen-bond donors (Lipinski definition) is 2. The number of nitrogens with two attached hydrogens (primary N) is 1. The van der Waals surface area contributed by atoms with E-state index >= 15 is 0 Å². The molecule has 4 nitrogen and oxygen atoms in total. The standard InChI is InChI=1S/C14H21N3OS/c1-19-14(7-3-2-4-8-14)10-17-12-6-5-11(9-16-12)13(15)18/h5-6,9H,2-4,7-8,10H2,1H3,(H2,15,18)(H,16,17). The molecule has 0 saturated heterocycles. The number of primary amides is 1. The Kier molecular flexibility index (Phi) is 4.69. The quantitative estimate of drug-likeness (QED) is 0.869. The molecule has 104 valence electrons.